The molecule has 0 bridgehead atoms. The lowest BCUT2D eigenvalue weighted by Crippen LogP contribution is -2.10. The van der Waals surface area contributed by atoms with Crippen molar-refractivity contribution in [2.45, 2.75) is 13.1 Å². The van der Waals surface area contributed by atoms with Gasteiger partial charge in [-0.15, -0.1) is 0 Å². The fraction of sp³-hybridized carbons (Fsp3) is 0.143. The van der Waals surface area contributed by atoms with Gasteiger partial charge in [-0.1, -0.05) is 0 Å². The number of nitriles is 1. The molecule has 22 heavy (non-hydrogen) atoms. The molecule has 0 amide bonds. The molecule has 0 fully saturated rings. The van der Waals surface area contributed by atoms with E-state index in [0.717, 1.165) is 12.1 Å². The number of hydrogen-bond donors (Lipinski definition) is 0. The van der Waals surface area contributed by atoms with Crippen LogP contribution in [0.3, 0.4) is 0 Å². The fourth-order valence-corrected chi connectivity index (χ4v) is 1.71. The Hall–Kier alpha value is -2.69. The van der Waals surface area contributed by atoms with Crippen molar-refractivity contribution in [3.8, 4) is 17.7 Å². The van der Waals surface area contributed by atoms with E-state index >= 15 is 0 Å². The van der Waals surface area contributed by atoms with Gasteiger partial charge in [0.05, 0.1) is 5.56 Å². The summed E-state index contributed by atoms with van der Waals surface area (Å²) in [7, 11) is 0. The predicted molar refractivity (Wildman–Crippen MR) is 65.1 cm³/mol. The van der Waals surface area contributed by atoms with Gasteiger partial charge in [0.15, 0.2) is 11.6 Å². The molecule has 114 valence electrons. The van der Waals surface area contributed by atoms with Gasteiger partial charge in [-0.05, 0) is 25.1 Å². The molecule has 1 aromatic carbocycles. The van der Waals surface area contributed by atoms with Gasteiger partial charge in [0.2, 0.25) is 5.88 Å². The average Bonchev–Trinajstić information content (AvgIpc) is 2.40. The summed E-state index contributed by atoms with van der Waals surface area (Å²) >= 11 is 0. The first-order chi connectivity index (χ1) is 10.2. The SMILES string of the molecule is Cc1cc(C(F)(F)F)c(C#N)c(Oc2ccc(F)cc2F)n1. The second-order valence-corrected chi connectivity index (χ2v) is 4.28. The zero-order valence-electron chi connectivity index (χ0n) is 11.0. The Labute approximate surface area is 121 Å². The normalized spacial score (nSPS) is 11.1. The molecule has 2 aromatic rings. The van der Waals surface area contributed by atoms with Gasteiger partial charge < -0.3 is 4.74 Å². The first-order valence-corrected chi connectivity index (χ1v) is 5.84. The summed E-state index contributed by atoms with van der Waals surface area (Å²) in [5.74, 6) is -3.23. The first kappa shape index (κ1) is 15.7. The van der Waals surface area contributed by atoms with E-state index in [1.807, 2.05) is 0 Å². The number of aryl methyl sites for hydroxylation is 1. The highest BCUT2D eigenvalue weighted by Crippen LogP contribution is 2.37. The van der Waals surface area contributed by atoms with E-state index in [-0.39, 0.29) is 5.69 Å². The molecule has 2 rings (SSSR count). The Morgan fingerprint density at radius 2 is 1.86 bits per heavy atom. The van der Waals surface area contributed by atoms with E-state index in [2.05, 4.69) is 4.98 Å². The standard InChI is InChI=1S/C14H7F5N2O/c1-7-4-10(14(17,18)19)9(6-20)13(21-7)22-12-3-2-8(15)5-11(12)16/h2-5H,1H3. The Bertz CT molecular complexity index is 765. The highest BCUT2D eigenvalue weighted by Gasteiger charge is 2.36. The topological polar surface area (TPSA) is 45.9 Å². The molecule has 1 heterocycles. The summed E-state index contributed by atoms with van der Waals surface area (Å²) in [6, 6.07) is 4.29. The largest absolute Gasteiger partial charge is 0.435 e. The van der Waals surface area contributed by atoms with E-state index in [0.29, 0.717) is 12.1 Å². The molecule has 1 aromatic heterocycles. The number of halogens is 5. The molecular weight excluding hydrogens is 307 g/mol. The quantitative estimate of drug-likeness (QED) is 0.774. The third-order valence-electron chi connectivity index (χ3n) is 2.63. The zero-order chi connectivity index (χ0) is 16.5. The lowest BCUT2D eigenvalue weighted by atomic mass is 10.1. The van der Waals surface area contributed by atoms with Gasteiger partial charge in [-0.25, -0.2) is 13.8 Å². The third-order valence-corrected chi connectivity index (χ3v) is 2.63. The Morgan fingerprint density at radius 1 is 1.18 bits per heavy atom. The van der Waals surface area contributed by atoms with Crippen LogP contribution >= 0.6 is 0 Å². The summed E-state index contributed by atoms with van der Waals surface area (Å²) in [4.78, 5) is 3.67. The van der Waals surface area contributed by atoms with Gasteiger partial charge in [-0.3, -0.25) is 0 Å². The van der Waals surface area contributed by atoms with Gasteiger partial charge in [-0.2, -0.15) is 18.4 Å². The third kappa shape index (κ3) is 3.14. The van der Waals surface area contributed by atoms with Crippen molar-refractivity contribution < 1.29 is 26.7 Å². The summed E-state index contributed by atoms with van der Waals surface area (Å²) in [6.07, 6.45) is -4.79. The molecule has 3 nitrogen and oxygen atoms in total. The van der Waals surface area contributed by atoms with Crippen molar-refractivity contribution in [3.05, 3.63) is 52.7 Å². The van der Waals surface area contributed by atoms with Crippen LogP contribution < -0.4 is 4.74 Å². The lowest BCUT2D eigenvalue weighted by molar-refractivity contribution is -0.138. The van der Waals surface area contributed by atoms with Gasteiger partial charge in [0.1, 0.15) is 17.4 Å². The van der Waals surface area contributed by atoms with Crippen LogP contribution in [0.5, 0.6) is 11.6 Å². The summed E-state index contributed by atoms with van der Waals surface area (Å²) in [6.45, 7) is 1.27. The van der Waals surface area contributed by atoms with Gasteiger partial charge >= 0.3 is 6.18 Å². The van der Waals surface area contributed by atoms with Crippen molar-refractivity contribution in [2.24, 2.45) is 0 Å². The van der Waals surface area contributed by atoms with Crippen LogP contribution in [0.25, 0.3) is 0 Å². The molecule has 8 heteroatoms. The first-order valence-electron chi connectivity index (χ1n) is 5.84. The van der Waals surface area contributed by atoms with Crippen LogP contribution in [-0.4, -0.2) is 4.98 Å². The molecule has 0 aliphatic carbocycles. The summed E-state index contributed by atoms with van der Waals surface area (Å²) < 4.78 is 70.0. The van der Waals surface area contributed by atoms with Crippen LogP contribution in [0.15, 0.2) is 24.3 Å². The van der Waals surface area contributed by atoms with Crippen LogP contribution in [0.2, 0.25) is 0 Å². The highest BCUT2D eigenvalue weighted by molar-refractivity contribution is 5.48. The minimum atomic E-state index is -4.79. The maximum absolute atomic E-state index is 13.5. The van der Waals surface area contributed by atoms with Crippen molar-refractivity contribution in [3.63, 3.8) is 0 Å². The number of alkyl halides is 3. The van der Waals surface area contributed by atoms with Crippen LogP contribution in [-0.2, 0) is 6.18 Å². The molecular formula is C14H7F5N2O. The molecule has 0 aliphatic rings. The number of rotatable bonds is 2. The predicted octanol–water partition coefficient (Wildman–Crippen LogP) is 4.35. The van der Waals surface area contributed by atoms with Crippen LogP contribution in [0.4, 0.5) is 22.0 Å². The highest BCUT2D eigenvalue weighted by atomic mass is 19.4. The zero-order valence-corrected chi connectivity index (χ0v) is 11.0. The summed E-state index contributed by atoms with van der Waals surface area (Å²) in [5, 5.41) is 8.92. The second-order valence-electron chi connectivity index (χ2n) is 4.28. The molecule has 0 saturated carbocycles. The van der Waals surface area contributed by atoms with E-state index in [4.69, 9.17) is 10.00 Å². The fourth-order valence-electron chi connectivity index (χ4n) is 1.71. The van der Waals surface area contributed by atoms with E-state index in [1.165, 1.54) is 13.0 Å². The van der Waals surface area contributed by atoms with Crippen molar-refractivity contribution in [2.75, 3.05) is 0 Å². The Balaban J connectivity index is 2.56. The number of ether oxygens (including phenoxy) is 1. The van der Waals surface area contributed by atoms with Crippen LogP contribution in [0, 0.1) is 29.9 Å². The number of aromatic nitrogens is 1. The number of pyridine rings is 1. The lowest BCUT2D eigenvalue weighted by Gasteiger charge is -2.13. The maximum atomic E-state index is 13.5. The molecule has 0 radical (unpaired) electrons. The van der Waals surface area contributed by atoms with E-state index in [9.17, 15) is 22.0 Å². The van der Waals surface area contributed by atoms with E-state index < -0.39 is 40.6 Å². The van der Waals surface area contributed by atoms with Crippen molar-refractivity contribution in [1.29, 1.82) is 5.26 Å². The van der Waals surface area contributed by atoms with Gasteiger partial charge in [0.25, 0.3) is 0 Å². The van der Waals surface area contributed by atoms with Gasteiger partial charge in [0, 0.05) is 11.8 Å². The Morgan fingerprint density at radius 3 is 2.41 bits per heavy atom. The molecule has 0 spiro atoms. The van der Waals surface area contributed by atoms with Crippen molar-refractivity contribution in [1.82, 2.24) is 4.98 Å². The number of hydrogen-bond acceptors (Lipinski definition) is 3. The Kier molecular flexibility index (Phi) is 3.99. The molecule has 0 N–H and O–H groups in total. The smallest absolute Gasteiger partial charge is 0.417 e. The minimum absolute atomic E-state index is 0.0659. The molecule has 0 unspecified atom stereocenters. The van der Waals surface area contributed by atoms with Crippen LogP contribution in [0.1, 0.15) is 16.8 Å². The minimum Gasteiger partial charge on any atom is -0.435 e. The molecule has 0 saturated heterocycles. The molecule has 0 aliphatic heterocycles. The number of nitrogens with zero attached hydrogens (tertiary/aromatic N) is 2. The average molecular weight is 314 g/mol. The maximum Gasteiger partial charge on any atom is 0.417 e. The number of benzene rings is 1. The summed E-state index contributed by atoms with van der Waals surface area (Å²) in [5.41, 5.74) is -2.18. The van der Waals surface area contributed by atoms with E-state index in [1.54, 1.807) is 0 Å². The second kappa shape index (κ2) is 5.60. The molecule has 0 atom stereocenters. The van der Waals surface area contributed by atoms with Crippen molar-refractivity contribution >= 4 is 0 Å². The monoisotopic (exact) mass is 314 g/mol.